The van der Waals surface area contributed by atoms with Crippen LogP contribution in [0.3, 0.4) is 0 Å². The summed E-state index contributed by atoms with van der Waals surface area (Å²) >= 11 is 22.5. The Labute approximate surface area is 169 Å². The second kappa shape index (κ2) is 9.05. The maximum absolute atomic E-state index is 11.9. The summed E-state index contributed by atoms with van der Waals surface area (Å²) < 4.78 is 5.28. The first-order chi connectivity index (χ1) is 12.3. The van der Waals surface area contributed by atoms with Crippen LogP contribution in [0, 0.1) is 0 Å². The van der Waals surface area contributed by atoms with E-state index in [9.17, 15) is 9.59 Å². The fourth-order valence-electron chi connectivity index (χ4n) is 1.85. The zero-order valence-electron chi connectivity index (χ0n) is 12.9. The van der Waals surface area contributed by atoms with Crippen LogP contribution in [0.2, 0.25) is 15.1 Å². The third-order valence-corrected chi connectivity index (χ3v) is 3.94. The van der Waals surface area contributed by atoms with Crippen LogP contribution < -0.4 is 15.4 Å². The molecule has 3 N–H and O–H groups in total. The molecule has 1 amide bonds. The van der Waals surface area contributed by atoms with Crippen molar-refractivity contribution in [3.8, 4) is 5.75 Å². The summed E-state index contributed by atoms with van der Waals surface area (Å²) in [6, 6.07) is 8.78. The number of thiocarbonyl (C=S) groups is 1. The normalized spacial score (nSPS) is 10.1. The van der Waals surface area contributed by atoms with Gasteiger partial charge in [0.25, 0.3) is 5.91 Å². The quantitative estimate of drug-likeness (QED) is 0.611. The Balaban J connectivity index is 1.93. The van der Waals surface area contributed by atoms with Gasteiger partial charge in [-0.25, -0.2) is 4.79 Å². The van der Waals surface area contributed by atoms with E-state index in [2.05, 4.69) is 10.6 Å². The highest BCUT2D eigenvalue weighted by Gasteiger charge is 2.13. The van der Waals surface area contributed by atoms with Gasteiger partial charge < -0.3 is 15.2 Å². The van der Waals surface area contributed by atoms with Gasteiger partial charge in [-0.3, -0.25) is 10.1 Å². The number of carboxylic acid groups (broad SMARTS) is 1. The van der Waals surface area contributed by atoms with Gasteiger partial charge >= 0.3 is 5.97 Å². The van der Waals surface area contributed by atoms with Gasteiger partial charge in [-0.05, 0) is 48.6 Å². The highest BCUT2D eigenvalue weighted by Crippen LogP contribution is 2.27. The Hall–Kier alpha value is -2.06. The number of benzene rings is 2. The number of carbonyl (C=O) groups is 2. The maximum atomic E-state index is 11.9. The van der Waals surface area contributed by atoms with Crippen molar-refractivity contribution >= 4 is 69.7 Å². The van der Waals surface area contributed by atoms with Crippen LogP contribution in [0.15, 0.2) is 36.4 Å². The summed E-state index contributed by atoms with van der Waals surface area (Å²) in [7, 11) is 0. The average Bonchev–Trinajstić information content (AvgIpc) is 2.55. The number of anilines is 1. The van der Waals surface area contributed by atoms with Gasteiger partial charge in [0.05, 0.1) is 16.3 Å². The SMILES string of the molecule is O=C(COc1ccc(Cl)cc1Cl)NC(=S)Nc1ccc(Cl)cc1C(=O)O. The lowest BCUT2D eigenvalue weighted by atomic mass is 10.2. The predicted molar refractivity (Wildman–Crippen MR) is 105 cm³/mol. The average molecular weight is 434 g/mol. The van der Waals surface area contributed by atoms with Gasteiger partial charge in [-0.1, -0.05) is 34.8 Å². The van der Waals surface area contributed by atoms with Crippen molar-refractivity contribution in [2.24, 2.45) is 0 Å². The number of ether oxygens (including phenoxy) is 1. The maximum Gasteiger partial charge on any atom is 0.337 e. The van der Waals surface area contributed by atoms with E-state index < -0.39 is 11.9 Å². The smallest absolute Gasteiger partial charge is 0.337 e. The van der Waals surface area contributed by atoms with Crippen molar-refractivity contribution in [2.45, 2.75) is 0 Å². The molecule has 0 fully saturated rings. The van der Waals surface area contributed by atoms with Gasteiger partial charge in [0.1, 0.15) is 5.75 Å². The molecule has 0 aliphatic heterocycles. The van der Waals surface area contributed by atoms with Crippen molar-refractivity contribution in [1.82, 2.24) is 5.32 Å². The molecular formula is C16H11Cl3N2O4S. The van der Waals surface area contributed by atoms with Gasteiger partial charge in [0, 0.05) is 10.0 Å². The first-order valence-corrected chi connectivity index (χ1v) is 8.52. The topological polar surface area (TPSA) is 87.7 Å². The molecule has 0 unspecified atom stereocenters. The molecule has 0 radical (unpaired) electrons. The minimum absolute atomic E-state index is 0.0849. The summed E-state index contributed by atoms with van der Waals surface area (Å²) in [6.45, 7) is -0.352. The molecule has 0 aliphatic carbocycles. The van der Waals surface area contributed by atoms with Gasteiger partial charge in [0.15, 0.2) is 11.7 Å². The Bertz CT molecular complexity index is 877. The fourth-order valence-corrected chi connectivity index (χ4v) is 2.71. The molecule has 0 spiro atoms. The van der Waals surface area contributed by atoms with E-state index in [1.807, 2.05) is 0 Å². The number of nitrogens with one attached hydrogen (secondary N) is 2. The summed E-state index contributed by atoms with van der Waals surface area (Å²) in [5, 5.41) is 15.0. The lowest BCUT2D eigenvalue weighted by molar-refractivity contribution is -0.121. The summed E-state index contributed by atoms with van der Waals surface area (Å²) in [4.78, 5) is 23.1. The molecule has 2 aromatic rings. The second-order valence-corrected chi connectivity index (χ2v) is 6.55. The van der Waals surface area contributed by atoms with Gasteiger partial charge in [-0.2, -0.15) is 0 Å². The highest BCUT2D eigenvalue weighted by molar-refractivity contribution is 7.80. The molecule has 136 valence electrons. The van der Waals surface area contributed by atoms with E-state index in [1.54, 1.807) is 6.07 Å². The minimum Gasteiger partial charge on any atom is -0.482 e. The standard InChI is InChI=1S/C16H11Cl3N2O4S/c17-8-1-3-12(10(5-8)15(23)24)20-16(26)21-14(22)7-25-13-4-2-9(18)6-11(13)19/h1-6H,7H2,(H,23,24)(H2,20,21,22,26). The minimum atomic E-state index is -1.19. The van der Waals surface area contributed by atoms with Crippen molar-refractivity contribution in [3.05, 3.63) is 57.0 Å². The first-order valence-electron chi connectivity index (χ1n) is 6.98. The lowest BCUT2D eigenvalue weighted by Crippen LogP contribution is -2.37. The number of carbonyl (C=O) groups excluding carboxylic acids is 1. The van der Waals surface area contributed by atoms with Gasteiger partial charge in [0.2, 0.25) is 0 Å². The number of hydrogen-bond acceptors (Lipinski definition) is 4. The highest BCUT2D eigenvalue weighted by atomic mass is 35.5. The van der Waals surface area contributed by atoms with Crippen LogP contribution in [-0.2, 0) is 4.79 Å². The number of carboxylic acids is 1. The first kappa shape index (κ1) is 20.3. The van der Waals surface area contributed by atoms with E-state index >= 15 is 0 Å². The Morgan fingerprint density at radius 3 is 2.38 bits per heavy atom. The third-order valence-electron chi connectivity index (χ3n) is 2.97. The molecule has 10 heteroatoms. The molecular weight excluding hydrogens is 423 g/mol. The monoisotopic (exact) mass is 432 g/mol. The summed E-state index contributed by atoms with van der Waals surface area (Å²) in [5.41, 5.74) is 0.104. The van der Waals surface area contributed by atoms with Crippen LogP contribution in [0.4, 0.5) is 5.69 Å². The second-order valence-electron chi connectivity index (χ2n) is 4.86. The molecule has 0 aliphatic rings. The molecule has 0 saturated heterocycles. The van der Waals surface area contributed by atoms with Crippen LogP contribution >= 0.6 is 47.0 Å². The largest absolute Gasteiger partial charge is 0.482 e. The zero-order chi connectivity index (χ0) is 19.3. The molecule has 6 nitrogen and oxygen atoms in total. The van der Waals surface area contributed by atoms with Crippen LogP contribution in [0.1, 0.15) is 10.4 Å². The Kier molecular flexibility index (Phi) is 7.05. The number of halogens is 3. The molecule has 2 rings (SSSR count). The van der Waals surface area contributed by atoms with Crippen molar-refractivity contribution in [2.75, 3.05) is 11.9 Å². The summed E-state index contributed by atoms with van der Waals surface area (Å²) in [6.07, 6.45) is 0. The molecule has 0 atom stereocenters. The fraction of sp³-hybridized carbons (Fsp3) is 0.0625. The van der Waals surface area contributed by atoms with Crippen LogP contribution in [0.5, 0.6) is 5.75 Å². The van der Waals surface area contributed by atoms with Crippen LogP contribution in [-0.4, -0.2) is 28.7 Å². The lowest BCUT2D eigenvalue weighted by Gasteiger charge is -2.13. The van der Waals surface area contributed by atoms with E-state index in [1.165, 1.54) is 30.3 Å². The van der Waals surface area contributed by atoms with Gasteiger partial charge in [-0.15, -0.1) is 0 Å². The van der Waals surface area contributed by atoms with Crippen molar-refractivity contribution in [3.63, 3.8) is 0 Å². The van der Waals surface area contributed by atoms with Crippen molar-refractivity contribution in [1.29, 1.82) is 0 Å². The predicted octanol–water partition coefficient (Wildman–Crippen LogP) is 4.24. The number of aromatic carboxylic acids is 1. The molecule has 0 bridgehead atoms. The van der Waals surface area contributed by atoms with Crippen LogP contribution in [0.25, 0.3) is 0 Å². The molecule has 2 aromatic carbocycles. The zero-order valence-corrected chi connectivity index (χ0v) is 16.0. The molecule has 0 aromatic heterocycles. The van der Waals surface area contributed by atoms with Crippen molar-refractivity contribution < 1.29 is 19.4 Å². The van der Waals surface area contributed by atoms with E-state index in [0.717, 1.165) is 0 Å². The number of amides is 1. The third kappa shape index (κ3) is 5.74. The molecule has 0 heterocycles. The Morgan fingerprint density at radius 2 is 1.73 bits per heavy atom. The molecule has 26 heavy (non-hydrogen) atoms. The Morgan fingerprint density at radius 1 is 1.08 bits per heavy atom. The van der Waals surface area contributed by atoms with E-state index in [0.29, 0.717) is 5.02 Å². The van der Waals surface area contributed by atoms with E-state index in [-0.39, 0.29) is 38.8 Å². The number of rotatable bonds is 5. The number of hydrogen-bond donors (Lipinski definition) is 3. The molecule has 0 saturated carbocycles. The van der Waals surface area contributed by atoms with E-state index in [4.69, 9.17) is 56.9 Å². The summed E-state index contributed by atoms with van der Waals surface area (Å²) in [5.74, 6) is -1.46.